The summed E-state index contributed by atoms with van der Waals surface area (Å²) in [7, 11) is 2.66. The van der Waals surface area contributed by atoms with Gasteiger partial charge in [0, 0.05) is 17.7 Å². The maximum atomic E-state index is 13.0. The van der Waals surface area contributed by atoms with Crippen molar-refractivity contribution in [2.75, 3.05) is 31.9 Å². The van der Waals surface area contributed by atoms with E-state index < -0.39 is 23.7 Å². The first-order chi connectivity index (χ1) is 17.7. The summed E-state index contributed by atoms with van der Waals surface area (Å²) in [4.78, 5) is 38.2. The van der Waals surface area contributed by atoms with Gasteiger partial charge in [-0.2, -0.15) is 5.26 Å². The Bertz CT molecular complexity index is 1270. The Kier molecular flexibility index (Phi) is 9.69. The number of hydrogen-bond donors (Lipinski definition) is 2. The summed E-state index contributed by atoms with van der Waals surface area (Å²) in [5, 5.41) is 15.8. The molecule has 1 heterocycles. The van der Waals surface area contributed by atoms with Crippen molar-refractivity contribution in [2.45, 2.75) is 12.8 Å². The van der Waals surface area contributed by atoms with Gasteiger partial charge in [0.1, 0.15) is 11.7 Å². The van der Waals surface area contributed by atoms with Gasteiger partial charge in [0.25, 0.3) is 0 Å². The highest BCUT2D eigenvalue weighted by Crippen LogP contribution is 2.44. The van der Waals surface area contributed by atoms with Crippen LogP contribution in [0.1, 0.15) is 18.4 Å². The van der Waals surface area contributed by atoms with Gasteiger partial charge in [0.2, 0.25) is 11.8 Å². The summed E-state index contributed by atoms with van der Waals surface area (Å²) in [6, 6.07) is 11.9. The first kappa shape index (κ1) is 28.2. The van der Waals surface area contributed by atoms with Gasteiger partial charge < -0.3 is 24.8 Å². The lowest BCUT2D eigenvalue weighted by Crippen LogP contribution is -2.44. The molecule has 3 rings (SSSR count). The van der Waals surface area contributed by atoms with E-state index in [1.54, 1.807) is 31.2 Å². The Labute approximate surface area is 228 Å². The third-order valence-corrected chi connectivity index (χ3v) is 6.93. The molecule has 0 radical (unpaired) electrons. The molecule has 0 unspecified atom stereocenters. The van der Waals surface area contributed by atoms with Crippen LogP contribution in [0.15, 0.2) is 47.0 Å². The molecule has 12 heteroatoms. The van der Waals surface area contributed by atoms with Crippen LogP contribution in [0.5, 0.6) is 11.5 Å². The molecule has 0 spiro atoms. The molecule has 1 aliphatic rings. The van der Waals surface area contributed by atoms with Crippen molar-refractivity contribution in [1.82, 2.24) is 5.32 Å². The maximum absolute atomic E-state index is 13.0. The van der Waals surface area contributed by atoms with Crippen molar-refractivity contribution in [3.63, 3.8) is 0 Å². The van der Waals surface area contributed by atoms with Crippen molar-refractivity contribution in [2.24, 2.45) is 5.92 Å². The fourth-order valence-corrected chi connectivity index (χ4v) is 5.22. The smallest absolute Gasteiger partial charge is 0.319 e. The van der Waals surface area contributed by atoms with Crippen LogP contribution in [0.4, 0.5) is 5.69 Å². The minimum Gasteiger partial charge on any atom is -0.497 e. The number of ether oxygens (including phenoxy) is 3. The molecule has 0 fully saturated rings. The van der Waals surface area contributed by atoms with Crippen molar-refractivity contribution in [3.05, 3.63) is 62.6 Å². The van der Waals surface area contributed by atoms with Gasteiger partial charge in [-0.3, -0.25) is 14.4 Å². The monoisotopic (exact) mass is 563 g/mol. The van der Waals surface area contributed by atoms with Crippen LogP contribution in [-0.4, -0.2) is 44.4 Å². The van der Waals surface area contributed by atoms with Crippen LogP contribution in [0, 0.1) is 17.2 Å². The Morgan fingerprint density at radius 2 is 1.89 bits per heavy atom. The van der Waals surface area contributed by atoms with Gasteiger partial charge in [0.05, 0.1) is 53.3 Å². The molecule has 37 heavy (non-hydrogen) atoms. The number of amides is 2. The summed E-state index contributed by atoms with van der Waals surface area (Å²) < 4.78 is 15.5. The van der Waals surface area contributed by atoms with Crippen molar-refractivity contribution in [3.8, 4) is 17.6 Å². The zero-order valence-electron chi connectivity index (χ0n) is 20.1. The third-order valence-electron chi connectivity index (χ3n) is 5.35. The molecule has 9 nitrogen and oxygen atoms in total. The van der Waals surface area contributed by atoms with E-state index in [1.807, 2.05) is 0 Å². The van der Waals surface area contributed by atoms with Crippen LogP contribution in [0.25, 0.3) is 0 Å². The van der Waals surface area contributed by atoms with Gasteiger partial charge in [0.15, 0.2) is 5.75 Å². The molecule has 0 saturated heterocycles. The number of benzene rings is 2. The molecule has 0 saturated carbocycles. The molecule has 2 N–H and O–H groups in total. The molecule has 0 bridgehead atoms. The topological polar surface area (TPSA) is 127 Å². The number of nitrogens with zero attached hydrogens (tertiary/aromatic N) is 1. The molecule has 0 aliphatic carbocycles. The highest BCUT2D eigenvalue weighted by Gasteiger charge is 2.44. The van der Waals surface area contributed by atoms with E-state index in [1.165, 1.54) is 19.2 Å². The van der Waals surface area contributed by atoms with Gasteiger partial charge in [-0.05, 0) is 36.8 Å². The van der Waals surface area contributed by atoms with Gasteiger partial charge >= 0.3 is 5.97 Å². The lowest BCUT2D eigenvalue weighted by molar-refractivity contribution is -0.150. The van der Waals surface area contributed by atoms with E-state index in [-0.39, 0.29) is 38.1 Å². The SMILES string of the molecule is CCOc1c(Cl)cc([C@H]2C(C#N)=C(SCC(=O)Nc3cccc(OC)c3)NC(=O)[C@H]2C(=O)OC)cc1Cl. The molecule has 194 valence electrons. The van der Waals surface area contributed by atoms with E-state index in [0.717, 1.165) is 18.9 Å². The number of nitriles is 1. The molecular weight excluding hydrogens is 541 g/mol. The van der Waals surface area contributed by atoms with E-state index in [0.29, 0.717) is 23.6 Å². The van der Waals surface area contributed by atoms with Crippen molar-refractivity contribution >= 4 is 58.4 Å². The number of carbonyl (C=O) groups is 3. The standard InChI is InChI=1S/C25H23Cl2N3O6S/c1-4-36-22-17(26)8-13(9-18(22)27)20-16(11-28)24(30-23(32)21(20)25(33)35-3)37-12-19(31)29-14-6-5-7-15(10-14)34-2/h5-10,20-21H,4,12H2,1-3H3,(H,29,31)(H,30,32)/t20-,21-/m0/s1. The summed E-state index contributed by atoms with van der Waals surface area (Å²) in [5.41, 5.74) is 0.930. The van der Waals surface area contributed by atoms with E-state index in [4.69, 9.17) is 37.4 Å². The van der Waals surface area contributed by atoms with Crippen molar-refractivity contribution in [1.29, 1.82) is 5.26 Å². The second-order valence-corrected chi connectivity index (χ2v) is 9.44. The van der Waals surface area contributed by atoms with Gasteiger partial charge in [-0.15, -0.1) is 0 Å². The van der Waals surface area contributed by atoms with E-state index >= 15 is 0 Å². The highest BCUT2D eigenvalue weighted by molar-refractivity contribution is 8.03. The molecule has 1 aliphatic heterocycles. The number of hydrogen-bond acceptors (Lipinski definition) is 8. The molecule has 2 aromatic carbocycles. The molecular formula is C25H23Cl2N3O6S. The minimum atomic E-state index is -1.38. The average molecular weight is 564 g/mol. The Morgan fingerprint density at radius 1 is 1.19 bits per heavy atom. The predicted molar refractivity (Wildman–Crippen MR) is 141 cm³/mol. The first-order valence-corrected chi connectivity index (χ1v) is 12.7. The number of carbonyl (C=O) groups excluding carboxylic acids is 3. The number of esters is 1. The second kappa shape index (κ2) is 12.7. The van der Waals surface area contributed by atoms with E-state index in [9.17, 15) is 19.6 Å². The largest absolute Gasteiger partial charge is 0.497 e. The molecule has 2 atom stereocenters. The Balaban J connectivity index is 1.95. The number of halogens is 2. The zero-order chi connectivity index (χ0) is 27.1. The summed E-state index contributed by atoms with van der Waals surface area (Å²) in [5.74, 6) is -3.64. The summed E-state index contributed by atoms with van der Waals surface area (Å²) in [6.45, 7) is 2.08. The van der Waals surface area contributed by atoms with Crippen LogP contribution in [0.3, 0.4) is 0 Å². The van der Waals surface area contributed by atoms with Crippen LogP contribution in [-0.2, 0) is 19.1 Å². The van der Waals surface area contributed by atoms with Crippen LogP contribution >= 0.6 is 35.0 Å². The summed E-state index contributed by atoms with van der Waals surface area (Å²) in [6.07, 6.45) is 0. The Morgan fingerprint density at radius 3 is 2.49 bits per heavy atom. The number of allylic oxidation sites excluding steroid dienone is 1. The average Bonchev–Trinajstić information content (AvgIpc) is 2.88. The predicted octanol–water partition coefficient (Wildman–Crippen LogP) is 4.51. The molecule has 0 aromatic heterocycles. The number of anilines is 1. The third kappa shape index (κ3) is 6.49. The van der Waals surface area contributed by atoms with E-state index in [2.05, 4.69) is 16.7 Å². The fraction of sp³-hybridized carbons (Fsp3) is 0.280. The van der Waals surface area contributed by atoms with Crippen LogP contribution in [0.2, 0.25) is 10.0 Å². The summed E-state index contributed by atoms with van der Waals surface area (Å²) >= 11 is 13.7. The molecule has 2 aromatic rings. The number of nitrogens with one attached hydrogen (secondary N) is 2. The normalized spacial score (nSPS) is 16.9. The lowest BCUT2D eigenvalue weighted by Gasteiger charge is -2.31. The highest BCUT2D eigenvalue weighted by atomic mass is 35.5. The van der Waals surface area contributed by atoms with Gasteiger partial charge in [-0.25, -0.2) is 0 Å². The van der Waals surface area contributed by atoms with Crippen LogP contribution < -0.4 is 20.1 Å². The fourth-order valence-electron chi connectivity index (χ4n) is 3.76. The zero-order valence-corrected chi connectivity index (χ0v) is 22.4. The maximum Gasteiger partial charge on any atom is 0.319 e. The minimum absolute atomic E-state index is 0.0606. The van der Waals surface area contributed by atoms with Gasteiger partial charge in [-0.1, -0.05) is 41.0 Å². The first-order valence-electron chi connectivity index (χ1n) is 10.9. The van der Waals surface area contributed by atoms with Crippen molar-refractivity contribution < 1.29 is 28.6 Å². The number of rotatable bonds is 9. The second-order valence-electron chi connectivity index (χ2n) is 7.64. The quantitative estimate of drug-likeness (QED) is 0.337. The number of thioether (sulfide) groups is 1. The molecule has 2 amide bonds. The number of methoxy groups -OCH3 is 2. The Hall–Kier alpha value is -3.39. The lowest BCUT2D eigenvalue weighted by atomic mass is 9.78.